The van der Waals surface area contributed by atoms with Gasteiger partial charge in [0, 0.05) is 22.6 Å². The average Bonchev–Trinajstić information content (AvgIpc) is 3.31. The molecule has 0 aromatic heterocycles. The van der Waals surface area contributed by atoms with Gasteiger partial charge in [-0.1, -0.05) is 79.5 Å². The molecule has 0 aliphatic carbocycles. The van der Waals surface area contributed by atoms with Gasteiger partial charge in [0.25, 0.3) is 11.8 Å². The van der Waals surface area contributed by atoms with E-state index in [2.05, 4.69) is 24.5 Å². The van der Waals surface area contributed by atoms with Gasteiger partial charge in [0.1, 0.15) is 5.70 Å². The topological polar surface area (TPSA) is 95.6 Å². The number of thioether (sulfide) groups is 1. The second-order valence-electron chi connectivity index (χ2n) is 10.6. The first-order chi connectivity index (χ1) is 21.6. The maximum absolute atomic E-state index is 13.4. The van der Waals surface area contributed by atoms with Gasteiger partial charge in [-0.05, 0) is 77.7 Å². The van der Waals surface area contributed by atoms with E-state index >= 15 is 0 Å². The number of imide groups is 1. The molecule has 1 atom stereocenters. The average molecular weight is 659 g/mol. The van der Waals surface area contributed by atoms with E-state index in [0.29, 0.717) is 33.4 Å². The Morgan fingerprint density at radius 1 is 0.889 bits per heavy atom. The number of nitrogens with zero attached hydrogens (tertiary/aromatic N) is 1. The first-order valence-electron chi connectivity index (χ1n) is 14.2. The predicted octanol–water partition coefficient (Wildman–Crippen LogP) is 7.95. The van der Waals surface area contributed by atoms with Crippen molar-refractivity contribution in [3.63, 3.8) is 0 Å². The molecule has 5 rings (SSSR count). The third kappa shape index (κ3) is 7.65. The van der Waals surface area contributed by atoms with Crippen LogP contribution < -0.4 is 15.5 Å². The van der Waals surface area contributed by atoms with Gasteiger partial charge in [-0.3, -0.25) is 19.2 Å². The normalized spacial score (nSPS) is 15.0. The minimum atomic E-state index is -0.577. The molecule has 4 aromatic carbocycles. The number of hydrogen-bond acceptors (Lipinski definition) is 5. The Hall–Kier alpha value is -4.37. The highest BCUT2D eigenvalue weighted by atomic mass is 35.5. The molecule has 0 bridgehead atoms. The lowest BCUT2D eigenvalue weighted by Gasteiger charge is -2.16. The summed E-state index contributed by atoms with van der Waals surface area (Å²) in [5.74, 6) is -1.20. The number of rotatable bonds is 9. The van der Waals surface area contributed by atoms with Crippen molar-refractivity contribution in [2.24, 2.45) is 0 Å². The molecule has 1 heterocycles. The molecular weight excluding hydrogens is 629 g/mol. The molecule has 4 aromatic rings. The molecule has 10 heteroatoms. The number of carbonyl (C=O) groups is 4. The third-order valence-corrected chi connectivity index (χ3v) is 9.15. The maximum atomic E-state index is 13.4. The Morgan fingerprint density at radius 3 is 2.24 bits per heavy atom. The van der Waals surface area contributed by atoms with Crippen LogP contribution in [0.5, 0.6) is 0 Å². The fraction of sp³-hybridized carbons (Fsp3) is 0.143. The van der Waals surface area contributed by atoms with Crippen LogP contribution in [0.15, 0.2) is 108 Å². The van der Waals surface area contributed by atoms with Gasteiger partial charge in [-0.2, -0.15) is 0 Å². The van der Waals surface area contributed by atoms with Crippen molar-refractivity contribution < 1.29 is 19.2 Å². The highest BCUT2D eigenvalue weighted by molar-refractivity contribution is 8.00. The van der Waals surface area contributed by atoms with Crippen LogP contribution in [-0.4, -0.2) is 28.9 Å². The van der Waals surface area contributed by atoms with Crippen molar-refractivity contribution in [1.29, 1.82) is 0 Å². The number of carbonyl (C=O) groups excluding carboxylic acids is 4. The van der Waals surface area contributed by atoms with Crippen molar-refractivity contribution in [1.82, 2.24) is 5.32 Å². The molecule has 1 fully saturated rings. The number of halogens is 2. The fourth-order valence-corrected chi connectivity index (χ4v) is 6.10. The minimum Gasteiger partial charge on any atom is -0.321 e. The third-order valence-electron chi connectivity index (χ3n) is 7.12. The smallest absolute Gasteiger partial charge is 0.272 e. The summed E-state index contributed by atoms with van der Waals surface area (Å²) in [5, 5.41) is 5.45. The predicted molar refractivity (Wildman–Crippen MR) is 181 cm³/mol. The molecule has 1 saturated heterocycles. The molecule has 45 heavy (non-hydrogen) atoms. The summed E-state index contributed by atoms with van der Waals surface area (Å²) in [5.41, 5.74) is 2.95. The number of amides is 4. The second-order valence-corrected chi connectivity index (χ2v) is 12.7. The summed E-state index contributed by atoms with van der Waals surface area (Å²) in [7, 11) is 0. The van der Waals surface area contributed by atoms with E-state index in [-0.39, 0.29) is 29.0 Å². The summed E-state index contributed by atoms with van der Waals surface area (Å²) < 4.78 is 0. The molecular formula is C35H29Cl2N3O4S. The molecule has 1 aliphatic rings. The van der Waals surface area contributed by atoms with Crippen molar-refractivity contribution >= 4 is 76.0 Å². The van der Waals surface area contributed by atoms with Gasteiger partial charge >= 0.3 is 0 Å². The SMILES string of the molecule is CC(C)c1ccc(N2C(=O)CC(Sc3ccc(NC(=O)/C(=C/c4cccc(Cl)c4Cl)NC(=O)c4ccccc4)cc3)C2=O)cc1. The van der Waals surface area contributed by atoms with Crippen LogP contribution in [0.4, 0.5) is 11.4 Å². The molecule has 1 unspecified atom stereocenters. The number of hydrogen-bond donors (Lipinski definition) is 2. The first-order valence-corrected chi connectivity index (χ1v) is 15.8. The van der Waals surface area contributed by atoms with Gasteiger partial charge in [-0.25, -0.2) is 4.90 Å². The number of anilines is 2. The Balaban J connectivity index is 1.28. The monoisotopic (exact) mass is 657 g/mol. The fourth-order valence-electron chi connectivity index (χ4n) is 4.69. The number of nitrogens with one attached hydrogen (secondary N) is 2. The van der Waals surface area contributed by atoms with Gasteiger partial charge in [0.05, 0.1) is 21.0 Å². The van der Waals surface area contributed by atoms with Crippen molar-refractivity contribution in [3.05, 3.63) is 129 Å². The van der Waals surface area contributed by atoms with Crippen LogP contribution in [0.25, 0.3) is 6.08 Å². The van der Waals surface area contributed by atoms with E-state index in [1.165, 1.54) is 22.7 Å². The van der Waals surface area contributed by atoms with Gasteiger partial charge in [0.15, 0.2) is 0 Å². The van der Waals surface area contributed by atoms with Crippen LogP contribution in [-0.2, 0) is 14.4 Å². The quantitative estimate of drug-likeness (QED) is 0.141. The Bertz CT molecular complexity index is 1780. The van der Waals surface area contributed by atoms with Crippen molar-refractivity contribution in [2.45, 2.75) is 36.3 Å². The zero-order valence-corrected chi connectivity index (χ0v) is 26.7. The summed E-state index contributed by atoms with van der Waals surface area (Å²) >= 11 is 13.8. The summed E-state index contributed by atoms with van der Waals surface area (Å²) in [6, 6.07) is 27.9. The first kappa shape index (κ1) is 32.0. The lowest BCUT2D eigenvalue weighted by Crippen LogP contribution is -2.31. The molecule has 0 radical (unpaired) electrons. The Labute approximate surface area is 275 Å². The van der Waals surface area contributed by atoms with Crippen LogP contribution in [0, 0.1) is 0 Å². The summed E-state index contributed by atoms with van der Waals surface area (Å²) in [6.07, 6.45) is 1.55. The van der Waals surface area contributed by atoms with Crippen LogP contribution in [0.2, 0.25) is 10.0 Å². The van der Waals surface area contributed by atoms with Gasteiger partial charge < -0.3 is 10.6 Å². The maximum Gasteiger partial charge on any atom is 0.272 e. The highest BCUT2D eigenvalue weighted by Gasteiger charge is 2.40. The van der Waals surface area contributed by atoms with E-state index in [1.54, 1.807) is 84.9 Å². The van der Waals surface area contributed by atoms with Crippen molar-refractivity contribution in [2.75, 3.05) is 10.2 Å². The van der Waals surface area contributed by atoms with Crippen LogP contribution >= 0.6 is 35.0 Å². The van der Waals surface area contributed by atoms with E-state index < -0.39 is 17.1 Å². The number of benzene rings is 4. The lowest BCUT2D eigenvalue weighted by atomic mass is 10.0. The minimum absolute atomic E-state index is 0.0388. The van der Waals surface area contributed by atoms with E-state index in [9.17, 15) is 19.2 Å². The molecule has 228 valence electrons. The largest absolute Gasteiger partial charge is 0.321 e. The van der Waals surface area contributed by atoms with Crippen molar-refractivity contribution in [3.8, 4) is 0 Å². The van der Waals surface area contributed by atoms with E-state index in [1.807, 2.05) is 12.1 Å². The van der Waals surface area contributed by atoms with E-state index in [0.717, 1.165) is 10.5 Å². The second kappa shape index (κ2) is 14.2. The lowest BCUT2D eigenvalue weighted by molar-refractivity contribution is -0.121. The zero-order chi connectivity index (χ0) is 32.1. The Morgan fingerprint density at radius 2 is 1.58 bits per heavy atom. The Kier molecular flexibility index (Phi) is 10.1. The molecule has 4 amide bonds. The van der Waals surface area contributed by atoms with Crippen LogP contribution in [0.3, 0.4) is 0 Å². The molecule has 1 aliphatic heterocycles. The summed E-state index contributed by atoms with van der Waals surface area (Å²) in [4.78, 5) is 54.3. The molecule has 0 spiro atoms. The molecule has 7 nitrogen and oxygen atoms in total. The van der Waals surface area contributed by atoms with Gasteiger partial charge in [-0.15, -0.1) is 11.8 Å². The van der Waals surface area contributed by atoms with Crippen LogP contribution in [0.1, 0.15) is 47.7 Å². The zero-order valence-electron chi connectivity index (χ0n) is 24.4. The summed E-state index contributed by atoms with van der Waals surface area (Å²) in [6.45, 7) is 4.17. The molecule has 2 N–H and O–H groups in total. The van der Waals surface area contributed by atoms with E-state index in [4.69, 9.17) is 23.2 Å². The highest BCUT2D eigenvalue weighted by Crippen LogP contribution is 2.35. The standard InChI is InChI=1S/C35H29Cl2N3O4S/c1-21(2)22-11-15-26(16-12-22)40-31(41)20-30(35(40)44)45-27-17-13-25(14-18-27)38-34(43)29(19-24-9-6-10-28(36)32(24)37)39-33(42)23-7-4-3-5-8-23/h3-19,21,30H,20H2,1-2H3,(H,38,43)(H,39,42)/b29-19-. The molecule has 0 saturated carbocycles. The van der Waals surface area contributed by atoms with Gasteiger partial charge in [0.2, 0.25) is 11.8 Å².